The van der Waals surface area contributed by atoms with E-state index < -0.39 is 5.41 Å². The molecule has 0 spiro atoms. The molecule has 3 N–H and O–H groups in total. The second-order valence-corrected chi connectivity index (χ2v) is 10.7. The summed E-state index contributed by atoms with van der Waals surface area (Å²) in [5.74, 6) is -0.394. The highest BCUT2D eigenvalue weighted by Gasteiger charge is 2.22. The van der Waals surface area contributed by atoms with Crippen LogP contribution in [0.25, 0.3) is 55.8 Å². The van der Waals surface area contributed by atoms with Crippen molar-refractivity contribution in [2.45, 2.75) is 27.7 Å². The largest absolute Gasteiger partial charge is 0.353 e. The molecule has 5 heterocycles. The average Bonchev–Trinajstić information content (AvgIpc) is 3.51. The zero-order chi connectivity index (χ0) is 27.3. The van der Waals surface area contributed by atoms with Gasteiger partial charge in [0.1, 0.15) is 17.0 Å². The molecule has 0 aliphatic rings. The van der Waals surface area contributed by atoms with E-state index in [1.165, 1.54) is 12.1 Å². The number of halogens is 1. The highest BCUT2D eigenvalue weighted by atomic mass is 19.1. The van der Waals surface area contributed by atoms with E-state index in [0.29, 0.717) is 33.8 Å². The summed E-state index contributed by atoms with van der Waals surface area (Å²) < 4.78 is 14.2. The molecule has 39 heavy (non-hydrogen) atoms. The molecule has 9 heteroatoms. The van der Waals surface area contributed by atoms with E-state index in [1.807, 2.05) is 64.1 Å². The van der Waals surface area contributed by atoms with Crippen LogP contribution in [0.1, 0.15) is 26.3 Å². The van der Waals surface area contributed by atoms with Crippen molar-refractivity contribution in [3.05, 3.63) is 78.5 Å². The Balaban J connectivity index is 1.41. The first-order valence-corrected chi connectivity index (χ1v) is 12.5. The van der Waals surface area contributed by atoms with E-state index in [-0.39, 0.29) is 11.7 Å². The summed E-state index contributed by atoms with van der Waals surface area (Å²) in [6, 6.07) is 14.4. The van der Waals surface area contributed by atoms with Crippen molar-refractivity contribution in [1.82, 2.24) is 30.1 Å². The van der Waals surface area contributed by atoms with Crippen molar-refractivity contribution < 1.29 is 9.18 Å². The molecule has 194 valence electrons. The normalized spacial score (nSPS) is 11.8. The number of carbonyl (C=O) groups is 1. The number of nitrogens with one attached hydrogen (secondary N) is 3. The Bertz CT molecular complexity index is 1860. The Morgan fingerprint density at radius 3 is 2.59 bits per heavy atom. The lowest BCUT2D eigenvalue weighted by Gasteiger charge is -2.17. The van der Waals surface area contributed by atoms with Crippen LogP contribution < -0.4 is 5.32 Å². The summed E-state index contributed by atoms with van der Waals surface area (Å²) in [6.07, 6.45) is 5.03. The van der Waals surface area contributed by atoms with Crippen LogP contribution >= 0.6 is 0 Å². The van der Waals surface area contributed by atoms with Gasteiger partial charge in [-0.25, -0.2) is 9.37 Å². The summed E-state index contributed by atoms with van der Waals surface area (Å²) in [4.78, 5) is 29.6. The Hall–Kier alpha value is -4.92. The second kappa shape index (κ2) is 9.13. The third kappa shape index (κ3) is 4.63. The molecule has 5 aromatic heterocycles. The summed E-state index contributed by atoms with van der Waals surface area (Å²) in [5, 5.41) is 11.4. The van der Waals surface area contributed by atoms with Gasteiger partial charge in [0.15, 0.2) is 0 Å². The average molecular weight is 520 g/mol. The van der Waals surface area contributed by atoms with Gasteiger partial charge in [0, 0.05) is 39.8 Å². The number of aryl methyl sites for hydroxylation is 1. The number of hydrogen-bond donors (Lipinski definition) is 3. The number of amides is 1. The van der Waals surface area contributed by atoms with Gasteiger partial charge < -0.3 is 10.3 Å². The lowest BCUT2D eigenvalue weighted by molar-refractivity contribution is -0.123. The van der Waals surface area contributed by atoms with Crippen LogP contribution in [0.2, 0.25) is 0 Å². The molecule has 0 saturated heterocycles. The predicted molar refractivity (Wildman–Crippen MR) is 150 cm³/mol. The third-order valence-electron chi connectivity index (χ3n) is 6.50. The van der Waals surface area contributed by atoms with E-state index in [4.69, 9.17) is 4.98 Å². The number of aromatic amines is 2. The van der Waals surface area contributed by atoms with Crippen molar-refractivity contribution >= 4 is 33.5 Å². The maximum absolute atomic E-state index is 14.2. The SMILES string of the molecule is Cc1cc(F)cc(-c2nccc3[nH]c(-c4n[nH]c5ccc(-c6cncc(NC(=O)C(C)(C)C)c6)nc45)cc23)c1. The highest BCUT2D eigenvalue weighted by Crippen LogP contribution is 2.34. The lowest BCUT2D eigenvalue weighted by Crippen LogP contribution is -2.27. The Kier molecular flexibility index (Phi) is 5.71. The van der Waals surface area contributed by atoms with E-state index in [1.54, 1.807) is 18.6 Å². The molecule has 0 atom stereocenters. The van der Waals surface area contributed by atoms with Crippen LogP contribution in [-0.2, 0) is 4.79 Å². The topological polar surface area (TPSA) is 112 Å². The predicted octanol–water partition coefficient (Wildman–Crippen LogP) is 6.66. The van der Waals surface area contributed by atoms with Crippen molar-refractivity contribution in [3.8, 4) is 33.9 Å². The minimum Gasteiger partial charge on any atom is -0.353 e. The maximum Gasteiger partial charge on any atom is 0.229 e. The molecule has 6 rings (SSSR count). The molecule has 0 saturated carbocycles. The summed E-state index contributed by atoms with van der Waals surface area (Å²) in [7, 11) is 0. The third-order valence-corrected chi connectivity index (χ3v) is 6.50. The Morgan fingerprint density at radius 2 is 1.79 bits per heavy atom. The minimum atomic E-state index is -0.526. The minimum absolute atomic E-state index is 0.0944. The van der Waals surface area contributed by atoms with Gasteiger partial charge in [-0.05, 0) is 61.0 Å². The number of hydrogen-bond acceptors (Lipinski definition) is 5. The van der Waals surface area contributed by atoms with Crippen LogP contribution in [0.4, 0.5) is 10.1 Å². The smallest absolute Gasteiger partial charge is 0.229 e. The van der Waals surface area contributed by atoms with Crippen molar-refractivity contribution in [1.29, 1.82) is 0 Å². The standard InChI is InChI=1S/C30H26FN7O/c1-16-9-17(11-19(31)10-16)26-21-13-25(35-23(21)7-8-33-26)28-27-24(37-38-28)6-5-22(36-27)18-12-20(15-32-14-18)34-29(39)30(2,3)4/h5-15,35H,1-4H3,(H,34,39)(H,37,38). The van der Waals surface area contributed by atoms with Gasteiger partial charge in [-0.15, -0.1) is 0 Å². The van der Waals surface area contributed by atoms with Crippen LogP contribution in [-0.4, -0.2) is 36.0 Å². The second-order valence-electron chi connectivity index (χ2n) is 10.7. The first-order valence-electron chi connectivity index (χ1n) is 12.5. The first-order chi connectivity index (χ1) is 18.7. The molecular weight excluding hydrogens is 493 g/mol. The number of anilines is 1. The molecule has 0 aliphatic carbocycles. The molecule has 0 unspecified atom stereocenters. The zero-order valence-electron chi connectivity index (χ0n) is 21.9. The van der Waals surface area contributed by atoms with Gasteiger partial charge in [0.2, 0.25) is 5.91 Å². The number of fused-ring (bicyclic) bond motifs is 2. The molecular formula is C30H26FN7O. The number of pyridine rings is 3. The van der Waals surface area contributed by atoms with Gasteiger partial charge in [-0.1, -0.05) is 20.8 Å². The summed E-state index contributed by atoms with van der Waals surface area (Å²) >= 11 is 0. The van der Waals surface area contributed by atoms with Crippen molar-refractivity contribution in [2.75, 3.05) is 5.32 Å². The van der Waals surface area contributed by atoms with E-state index >= 15 is 0 Å². The van der Waals surface area contributed by atoms with Crippen molar-refractivity contribution in [2.24, 2.45) is 5.41 Å². The van der Waals surface area contributed by atoms with Gasteiger partial charge in [0.05, 0.1) is 34.5 Å². The maximum atomic E-state index is 14.2. The summed E-state index contributed by atoms with van der Waals surface area (Å²) in [5.41, 5.74) is 7.47. The fraction of sp³-hybridized carbons (Fsp3) is 0.167. The van der Waals surface area contributed by atoms with Gasteiger partial charge >= 0.3 is 0 Å². The molecule has 0 fully saturated rings. The molecule has 1 aromatic carbocycles. The molecule has 0 radical (unpaired) electrons. The molecule has 1 amide bonds. The number of benzene rings is 1. The number of rotatable bonds is 4. The Morgan fingerprint density at radius 1 is 0.949 bits per heavy atom. The van der Waals surface area contributed by atoms with Crippen LogP contribution in [0.3, 0.4) is 0 Å². The summed E-state index contributed by atoms with van der Waals surface area (Å²) in [6.45, 7) is 7.44. The van der Waals surface area contributed by atoms with Crippen LogP contribution in [0.15, 0.2) is 67.1 Å². The highest BCUT2D eigenvalue weighted by molar-refractivity contribution is 5.99. The zero-order valence-corrected chi connectivity index (χ0v) is 21.9. The van der Waals surface area contributed by atoms with Gasteiger partial charge in [-0.3, -0.25) is 19.9 Å². The number of carbonyl (C=O) groups excluding carboxylic acids is 1. The van der Waals surface area contributed by atoms with Crippen molar-refractivity contribution in [3.63, 3.8) is 0 Å². The van der Waals surface area contributed by atoms with Crippen LogP contribution in [0.5, 0.6) is 0 Å². The number of aromatic nitrogens is 6. The molecule has 8 nitrogen and oxygen atoms in total. The first kappa shape index (κ1) is 24.4. The van der Waals surface area contributed by atoms with Gasteiger partial charge in [-0.2, -0.15) is 5.10 Å². The number of nitrogens with zero attached hydrogens (tertiary/aromatic N) is 4. The lowest BCUT2D eigenvalue weighted by atomic mass is 9.95. The van der Waals surface area contributed by atoms with Gasteiger partial charge in [0.25, 0.3) is 0 Å². The molecule has 0 bridgehead atoms. The molecule has 6 aromatic rings. The Labute approximate surface area is 223 Å². The number of H-pyrrole nitrogens is 2. The monoisotopic (exact) mass is 519 g/mol. The van der Waals surface area contributed by atoms with Crippen LogP contribution in [0, 0.1) is 18.2 Å². The molecule has 0 aliphatic heterocycles. The fourth-order valence-electron chi connectivity index (χ4n) is 4.50. The quantitative estimate of drug-likeness (QED) is 0.241. The van der Waals surface area contributed by atoms with E-state index in [9.17, 15) is 9.18 Å². The fourth-order valence-corrected chi connectivity index (χ4v) is 4.50. The van der Waals surface area contributed by atoms with E-state index in [0.717, 1.165) is 33.2 Å². The van der Waals surface area contributed by atoms with E-state index in [2.05, 4.69) is 30.5 Å².